The van der Waals surface area contributed by atoms with Crippen molar-refractivity contribution in [2.75, 3.05) is 14.2 Å². The Labute approximate surface area is 135 Å². The molecule has 2 rings (SSSR count). The smallest absolute Gasteiger partial charge is 0.220 e. The predicted octanol–water partition coefficient (Wildman–Crippen LogP) is 3.09. The summed E-state index contributed by atoms with van der Waals surface area (Å²) in [4.78, 5) is 11.9. The molecule has 0 unspecified atom stereocenters. The fourth-order valence-electron chi connectivity index (χ4n) is 2.21. The van der Waals surface area contributed by atoms with Gasteiger partial charge in [0.2, 0.25) is 5.91 Å². The first-order valence-electron chi connectivity index (χ1n) is 7.34. The summed E-state index contributed by atoms with van der Waals surface area (Å²) in [5, 5.41) is 2.82. The molecule has 1 amide bonds. The second-order valence-corrected chi connectivity index (χ2v) is 5.09. The van der Waals surface area contributed by atoms with Gasteiger partial charge < -0.3 is 14.8 Å². The molecule has 122 valence electrons. The second-order valence-electron chi connectivity index (χ2n) is 5.09. The van der Waals surface area contributed by atoms with E-state index in [-0.39, 0.29) is 18.1 Å². The number of hydrogen-bond donors (Lipinski definition) is 1. The molecular weight excluding hydrogens is 297 g/mol. The number of halogens is 1. The minimum Gasteiger partial charge on any atom is -0.497 e. The Morgan fingerprint density at radius 2 is 1.74 bits per heavy atom. The number of nitrogens with one attached hydrogen (secondary N) is 1. The lowest BCUT2D eigenvalue weighted by molar-refractivity contribution is -0.121. The molecule has 0 spiro atoms. The van der Waals surface area contributed by atoms with E-state index in [1.165, 1.54) is 6.07 Å². The molecule has 0 aliphatic carbocycles. The third-order valence-electron chi connectivity index (χ3n) is 3.48. The van der Waals surface area contributed by atoms with Crippen molar-refractivity contribution in [2.24, 2.45) is 0 Å². The molecule has 5 heteroatoms. The highest BCUT2D eigenvalue weighted by atomic mass is 19.1. The Bertz CT molecular complexity index is 651. The average Bonchev–Trinajstić information content (AvgIpc) is 2.58. The standard InChI is InChI=1S/C18H20FNO3/c1-22-15-9-13(10-16(11-15)23-2)12-20-18(21)8-7-14-5-3-4-6-17(14)19/h3-6,9-11H,7-8,12H2,1-2H3,(H,20,21). The number of aryl methyl sites for hydroxylation is 1. The minimum absolute atomic E-state index is 0.130. The van der Waals surface area contributed by atoms with Crippen molar-refractivity contribution in [2.45, 2.75) is 19.4 Å². The van der Waals surface area contributed by atoms with E-state index in [1.54, 1.807) is 38.5 Å². The van der Waals surface area contributed by atoms with Gasteiger partial charge in [-0.15, -0.1) is 0 Å². The molecule has 0 atom stereocenters. The fraction of sp³-hybridized carbons (Fsp3) is 0.278. The van der Waals surface area contributed by atoms with Crippen molar-refractivity contribution in [1.82, 2.24) is 5.32 Å². The molecule has 23 heavy (non-hydrogen) atoms. The van der Waals surface area contributed by atoms with Crippen molar-refractivity contribution >= 4 is 5.91 Å². The predicted molar refractivity (Wildman–Crippen MR) is 86.1 cm³/mol. The van der Waals surface area contributed by atoms with E-state index in [0.29, 0.717) is 30.0 Å². The lowest BCUT2D eigenvalue weighted by Crippen LogP contribution is -2.23. The summed E-state index contributed by atoms with van der Waals surface area (Å²) < 4.78 is 23.9. The zero-order chi connectivity index (χ0) is 16.7. The number of hydrogen-bond acceptors (Lipinski definition) is 3. The quantitative estimate of drug-likeness (QED) is 0.853. The van der Waals surface area contributed by atoms with Gasteiger partial charge in [0.05, 0.1) is 14.2 Å². The molecule has 0 saturated heterocycles. The first kappa shape index (κ1) is 16.8. The molecule has 0 aliphatic rings. The van der Waals surface area contributed by atoms with Gasteiger partial charge in [0.25, 0.3) is 0 Å². The first-order valence-corrected chi connectivity index (χ1v) is 7.34. The molecule has 0 heterocycles. The van der Waals surface area contributed by atoms with Crippen molar-refractivity contribution in [3.8, 4) is 11.5 Å². The zero-order valence-corrected chi connectivity index (χ0v) is 13.3. The first-order chi connectivity index (χ1) is 11.1. The van der Waals surface area contributed by atoms with Crippen LogP contribution in [0.3, 0.4) is 0 Å². The largest absolute Gasteiger partial charge is 0.497 e. The van der Waals surface area contributed by atoms with E-state index in [9.17, 15) is 9.18 Å². The van der Waals surface area contributed by atoms with Gasteiger partial charge in [-0.25, -0.2) is 4.39 Å². The molecule has 1 N–H and O–H groups in total. The highest BCUT2D eigenvalue weighted by Gasteiger charge is 2.07. The fourth-order valence-corrected chi connectivity index (χ4v) is 2.21. The third-order valence-corrected chi connectivity index (χ3v) is 3.48. The summed E-state index contributed by atoms with van der Waals surface area (Å²) in [6.45, 7) is 0.365. The van der Waals surface area contributed by atoms with Gasteiger partial charge in [0.15, 0.2) is 0 Å². The van der Waals surface area contributed by atoms with Gasteiger partial charge in [0, 0.05) is 19.0 Å². The normalized spacial score (nSPS) is 10.2. The summed E-state index contributed by atoms with van der Waals surface area (Å²) in [6.07, 6.45) is 0.613. The number of carbonyl (C=O) groups is 1. The van der Waals surface area contributed by atoms with Gasteiger partial charge in [-0.3, -0.25) is 4.79 Å². The van der Waals surface area contributed by atoms with Crippen molar-refractivity contribution < 1.29 is 18.7 Å². The van der Waals surface area contributed by atoms with Crippen molar-refractivity contribution in [1.29, 1.82) is 0 Å². The number of amides is 1. The molecule has 0 radical (unpaired) electrons. The van der Waals surface area contributed by atoms with E-state index in [2.05, 4.69) is 5.32 Å². The van der Waals surface area contributed by atoms with Crippen LogP contribution in [0.1, 0.15) is 17.5 Å². The van der Waals surface area contributed by atoms with Gasteiger partial charge in [-0.2, -0.15) is 0 Å². The third kappa shape index (κ3) is 4.98. The minimum atomic E-state index is -0.280. The number of ether oxygens (including phenoxy) is 2. The Morgan fingerprint density at radius 1 is 1.09 bits per heavy atom. The molecule has 4 nitrogen and oxygen atoms in total. The summed E-state index contributed by atoms with van der Waals surface area (Å²) >= 11 is 0. The van der Waals surface area contributed by atoms with E-state index < -0.39 is 0 Å². The van der Waals surface area contributed by atoms with E-state index in [4.69, 9.17) is 9.47 Å². The Balaban J connectivity index is 1.88. The zero-order valence-electron chi connectivity index (χ0n) is 13.3. The Morgan fingerprint density at radius 3 is 2.35 bits per heavy atom. The highest BCUT2D eigenvalue weighted by molar-refractivity contribution is 5.76. The number of benzene rings is 2. The molecule has 0 saturated carbocycles. The lowest BCUT2D eigenvalue weighted by atomic mass is 10.1. The van der Waals surface area contributed by atoms with Gasteiger partial charge >= 0.3 is 0 Å². The molecule has 0 aromatic heterocycles. The van der Waals surface area contributed by atoms with Crippen LogP contribution in [0.15, 0.2) is 42.5 Å². The number of rotatable bonds is 7. The molecule has 0 fully saturated rings. The number of methoxy groups -OCH3 is 2. The Kier molecular flexibility index (Phi) is 5.97. The summed E-state index contributed by atoms with van der Waals surface area (Å²) in [5.74, 6) is 0.924. The monoisotopic (exact) mass is 317 g/mol. The highest BCUT2D eigenvalue weighted by Crippen LogP contribution is 2.22. The summed E-state index contributed by atoms with van der Waals surface area (Å²) in [5.41, 5.74) is 1.42. The van der Waals surface area contributed by atoms with Gasteiger partial charge in [-0.1, -0.05) is 18.2 Å². The van der Waals surface area contributed by atoms with Crippen LogP contribution in [0.25, 0.3) is 0 Å². The van der Waals surface area contributed by atoms with E-state index in [0.717, 1.165) is 5.56 Å². The van der Waals surface area contributed by atoms with Crippen molar-refractivity contribution in [3.63, 3.8) is 0 Å². The molecule has 0 bridgehead atoms. The van der Waals surface area contributed by atoms with Crippen LogP contribution in [0.4, 0.5) is 4.39 Å². The van der Waals surface area contributed by atoms with Crippen LogP contribution >= 0.6 is 0 Å². The maximum atomic E-state index is 13.5. The van der Waals surface area contributed by atoms with E-state index in [1.807, 2.05) is 12.1 Å². The van der Waals surface area contributed by atoms with Crippen LogP contribution in [0.2, 0.25) is 0 Å². The lowest BCUT2D eigenvalue weighted by Gasteiger charge is -2.10. The van der Waals surface area contributed by atoms with Gasteiger partial charge in [0.1, 0.15) is 17.3 Å². The maximum Gasteiger partial charge on any atom is 0.220 e. The molecule has 2 aromatic rings. The van der Waals surface area contributed by atoms with Crippen LogP contribution in [0.5, 0.6) is 11.5 Å². The van der Waals surface area contributed by atoms with Crippen LogP contribution in [-0.2, 0) is 17.8 Å². The van der Waals surface area contributed by atoms with Crippen LogP contribution in [0, 0.1) is 5.82 Å². The average molecular weight is 317 g/mol. The molecule has 2 aromatic carbocycles. The van der Waals surface area contributed by atoms with Crippen LogP contribution in [-0.4, -0.2) is 20.1 Å². The summed E-state index contributed by atoms with van der Waals surface area (Å²) in [7, 11) is 3.15. The Hall–Kier alpha value is -2.56. The van der Waals surface area contributed by atoms with E-state index >= 15 is 0 Å². The molecular formula is C18H20FNO3. The number of carbonyl (C=O) groups excluding carboxylic acids is 1. The molecule has 0 aliphatic heterocycles. The summed E-state index contributed by atoms with van der Waals surface area (Å²) in [6, 6.07) is 11.9. The second kappa shape index (κ2) is 8.17. The SMILES string of the molecule is COc1cc(CNC(=O)CCc2ccccc2F)cc(OC)c1. The topological polar surface area (TPSA) is 47.6 Å². The maximum absolute atomic E-state index is 13.5. The van der Waals surface area contributed by atoms with Crippen LogP contribution < -0.4 is 14.8 Å². The van der Waals surface area contributed by atoms with Crippen molar-refractivity contribution in [3.05, 3.63) is 59.4 Å². The van der Waals surface area contributed by atoms with Gasteiger partial charge in [-0.05, 0) is 35.7 Å².